The number of aryl methyl sites for hydroxylation is 1. The number of methoxy groups -OCH3 is 1. The van der Waals surface area contributed by atoms with Gasteiger partial charge in [0.15, 0.2) is 4.67 Å². The normalized spacial score (nSPS) is 11.4. The van der Waals surface area contributed by atoms with E-state index in [-0.39, 0.29) is 16.1 Å². The number of nitrogens with two attached hydrogens (primary N) is 1. The van der Waals surface area contributed by atoms with Crippen LogP contribution < -0.4 is 15.2 Å². The molecule has 6 nitrogen and oxygen atoms in total. The zero-order valence-electron chi connectivity index (χ0n) is 11.5. The predicted octanol–water partition coefficient (Wildman–Crippen LogP) is 2.62. The van der Waals surface area contributed by atoms with Crippen molar-refractivity contribution in [3.63, 3.8) is 0 Å². The van der Waals surface area contributed by atoms with Crippen LogP contribution in [-0.2, 0) is 16.6 Å². The van der Waals surface area contributed by atoms with Gasteiger partial charge < -0.3 is 14.9 Å². The van der Waals surface area contributed by atoms with Crippen LogP contribution in [0.2, 0.25) is 0 Å². The zero-order valence-corrected chi connectivity index (χ0v) is 13.9. The summed E-state index contributed by atoms with van der Waals surface area (Å²) >= 11 is 3.08. The average Bonchev–Trinajstić information content (AvgIpc) is 2.81. The molecule has 0 fully saturated rings. The van der Waals surface area contributed by atoms with Crippen LogP contribution in [-0.4, -0.2) is 15.5 Å². The van der Waals surface area contributed by atoms with E-state index in [9.17, 15) is 8.42 Å². The number of hydrogen-bond acceptors (Lipinski definition) is 5. The van der Waals surface area contributed by atoms with Gasteiger partial charge in [-0.1, -0.05) is 6.07 Å². The van der Waals surface area contributed by atoms with Gasteiger partial charge in [-0.25, -0.2) is 8.42 Å². The standard InChI is InChI=1S/C13H15BrN2O4S/c1-8-3-4-11(19-2)10(5-8)16-21(17,18)12-6-9(7-15)20-13(12)14/h3-6,16H,7,15H2,1-2H3. The second kappa shape index (κ2) is 6.08. The third-order valence-electron chi connectivity index (χ3n) is 2.80. The lowest BCUT2D eigenvalue weighted by Crippen LogP contribution is -2.13. The fourth-order valence-electron chi connectivity index (χ4n) is 1.78. The Bertz CT molecular complexity index is 756. The summed E-state index contributed by atoms with van der Waals surface area (Å²) in [5.74, 6) is 0.807. The zero-order chi connectivity index (χ0) is 15.6. The van der Waals surface area contributed by atoms with Gasteiger partial charge in [-0.2, -0.15) is 0 Å². The van der Waals surface area contributed by atoms with E-state index in [1.165, 1.54) is 13.2 Å². The van der Waals surface area contributed by atoms with Crippen molar-refractivity contribution >= 4 is 31.6 Å². The number of rotatable bonds is 5. The molecule has 8 heteroatoms. The lowest BCUT2D eigenvalue weighted by Gasteiger charge is -2.11. The highest BCUT2D eigenvalue weighted by Crippen LogP contribution is 2.31. The molecule has 1 aromatic carbocycles. The fraction of sp³-hybridized carbons (Fsp3) is 0.231. The molecule has 0 saturated heterocycles. The minimum atomic E-state index is -3.81. The highest BCUT2D eigenvalue weighted by atomic mass is 79.9. The first-order valence-corrected chi connectivity index (χ1v) is 8.30. The van der Waals surface area contributed by atoms with Crippen molar-refractivity contribution in [2.24, 2.45) is 5.73 Å². The van der Waals surface area contributed by atoms with Crippen LogP contribution in [0.4, 0.5) is 5.69 Å². The maximum atomic E-state index is 12.4. The van der Waals surface area contributed by atoms with Gasteiger partial charge in [-0.15, -0.1) is 0 Å². The van der Waals surface area contributed by atoms with Crippen LogP contribution >= 0.6 is 15.9 Å². The molecule has 1 heterocycles. The van der Waals surface area contributed by atoms with E-state index < -0.39 is 10.0 Å². The van der Waals surface area contributed by atoms with E-state index in [0.29, 0.717) is 17.2 Å². The Morgan fingerprint density at radius 3 is 2.67 bits per heavy atom. The second-order valence-corrected chi connectivity index (χ2v) is 6.74. The largest absolute Gasteiger partial charge is 0.495 e. The van der Waals surface area contributed by atoms with Crippen LogP contribution in [0, 0.1) is 6.92 Å². The summed E-state index contributed by atoms with van der Waals surface area (Å²) < 4.78 is 37.8. The molecule has 0 bridgehead atoms. The minimum absolute atomic E-state index is 0.00786. The van der Waals surface area contributed by atoms with Crippen molar-refractivity contribution in [3.8, 4) is 5.75 Å². The number of benzene rings is 1. The molecule has 0 spiro atoms. The molecule has 3 N–H and O–H groups in total. The highest BCUT2D eigenvalue weighted by molar-refractivity contribution is 9.10. The molecular weight excluding hydrogens is 360 g/mol. The van der Waals surface area contributed by atoms with Gasteiger partial charge in [0.25, 0.3) is 10.0 Å². The monoisotopic (exact) mass is 374 g/mol. The van der Waals surface area contributed by atoms with Crippen LogP contribution in [0.3, 0.4) is 0 Å². The molecule has 114 valence electrons. The molecule has 0 unspecified atom stereocenters. The van der Waals surface area contributed by atoms with Crippen LogP contribution in [0.1, 0.15) is 11.3 Å². The molecule has 1 aromatic heterocycles. The van der Waals surface area contributed by atoms with Crippen molar-refractivity contribution in [1.82, 2.24) is 0 Å². The molecule has 0 radical (unpaired) electrons. The number of ether oxygens (including phenoxy) is 1. The fourth-order valence-corrected chi connectivity index (χ4v) is 3.84. The van der Waals surface area contributed by atoms with Gasteiger partial charge >= 0.3 is 0 Å². The Hall–Kier alpha value is -1.51. The van der Waals surface area contributed by atoms with Crippen molar-refractivity contribution in [1.29, 1.82) is 0 Å². The van der Waals surface area contributed by atoms with Crippen molar-refractivity contribution in [2.45, 2.75) is 18.4 Å². The number of anilines is 1. The van der Waals surface area contributed by atoms with Gasteiger partial charge in [0.1, 0.15) is 16.4 Å². The summed E-state index contributed by atoms with van der Waals surface area (Å²) in [4.78, 5) is -0.00786. The smallest absolute Gasteiger partial charge is 0.266 e. The SMILES string of the molecule is COc1ccc(C)cc1NS(=O)(=O)c1cc(CN)oc1Br. The van der Waals surface area contributed by atoms with E-state index in [2.05, 4.69) is 20.7 Å². The second-order valence-electron chi connectivity index (χ2n) is 4.36. The third-order valence-corrected chi connectivity index (χ3v) is 5.02. The molecule has 0 aliphatic carbocycles. The van der Waals surface area contributed by atoms with Gasteiger partial charge in [0.05, 0.1) is 19.3 Å². The first-order valence-electron chi connectivity index (χ1n) is 6.03. The number of nitrogens with one attached hydrogen (secondary N) is 1. The molecule has 0 aliphatic heterocycles. The Kier molecular flexibility index (Phi) is 4.60. The summed E-state index contributed by atoms with van der Waals surface area (Å²) in [6, 6.07) is 6.60. The first-order chi connectivity index (χ1) is 9.87. The van der Waals surface area contributed by atoms with Gasteiger partial charge in [-0.05, 0) is 40.5 Å². The summed E-state index contributed by atoms with van der Waals surface area (Å²) in [7, 11) is -2.33. The van der Waals surface area contributed by atoms with E-state index in [1.807, 2.05) is 13.0 Å². The quantitative estimate of drug-likeness (QED) is 0.838. The van der Waals surface area contributed by atoms with Gasteiger partial charge in [0.2, 0.25) is 0 Å². The van der Waals surface area contributed by atoms with E-state index in [4.69, 9.17) is 14.9 Å². The molecule has 0 atom stereocenters. The van der Waals surface area contributed by atoms with E-state index in [0.717, 1.165) is 5.56 Å². The Balaban J connectivity index is 2.41. The molecule has 21 heavy (non-hydrogen) atoms. The Morgan fingerprint density at radius 2 is 2.10 bits per heavy atom. The molecule has 0 saturated carbocycles. The number of halogens is 1. The van der Waals surface area contributed by atoms with Crippen molar-refractivity contribution in [2.75, 3.05) is 11.8 Å². The molecule has 0 amide bonds. The molecule has 2 aromatic rings. The number of furan rings is 1. The average molecular weight is 375 g/mol. The third kappa shape index (κ3) is 3.39. The summed E-state index contributed by atoms with van der Waals surface area (Å²) in [5.41, 5.74) is 6.71. The topological polar surface area (TPSA) is 94.6 Å². The Labute approximate surface area is 131 Å². The van der Waals surface area contributed by atoms with Gasteiger partial charge in [0, 0.05) is 6.07 Å². The summed E-state index contributed by atoms with van der Waals surface area (Å²) in [6.07, 6.45) is 0. The van der Waals surface area contributed by atoms with Crippen LogP contribution in [0.5, 0.6) is 5.75 Å². The first kappa shape index (κ1) is 15.9. The van der Waals surface area contributed by atoms with E-state index in [1.54, 1.807) is 12.1 Å². The lowest BCUT2D eigenvalue weighted by molar-refractivity contribution is 0.417. The lowest BCUT2D eigenvalue weighted by atomic mass is 10.2. The maximum Gasteiger partial charge on any atom is 0.266 e. The Morgan fingerprint density at radius 1 is 1.38 bits per heavy atom. The highest BCUT2D eigenvalue weighted by Gasteiger charge is 2.23. The maximum absolute atomic E-state index is 12.4. The number of sulfonamides is 1. The molecule has 2 rings (SSSR count). The van der Waals surface area contributed by atoms with Crippen molar-refractivity contribution in [3.05, 3.63) is 40.3 Å². The molecular formula is C13H15BrN2O4S. The van der Waals surface area contributed by atoms with Gasteiger partial charge in [-0.3, -0.25) is 4.72 Å². The number of hydrogen-bond donors (Lipinski definition) is 2. The summed E-state index contributed by atoms with van der Waals surface area (Å²) in [6.45, 7) is 1.97. The van der Waals surface area contributed by atoms with Crippen molar-refractivity contribution < 1.29 is 17.6 Å². The molecule has 0 aliphatic rings. The summed E-state index contributed by atoms with van der Waals surface area (Å²) in [5, 5.41) is 0. The minimum Gasteiger partial charge on any atom is -0.495 e. The predicted molar refractivity (Wildman–Crippen MR) is 82.8 cm³/mol. The van der Waals surface area contributed by atoms with Crippen LogP contribution in [0.25, 0.3) is 0 Å². The van der Waals surface area contributed by atoms with Crippen LogP contribution in [0.15, 0.2) is 38.2 Å². The van der Waals surface area contributed by atoms with E-state index >= 15 is 0 Å².